The number of carbonyl (C=O) groups excluding carboxylic acids is 1. The number of esters is 1. The van der Waals surface area contributed by atoms with Gasteiger partial charge in [0.1, 0.15) is 21.8 Å². The Kier molecular flexibility index (Phi) is 3.85. The molecule has 3 aromatic rings. The van der Waals surface area contributed by atoms with E-state index >= 15 is 0 Å². The molecule has 0 unspecified atom stereocenters. The molecule has 0 saturated heterocycles. The van der Waals surface area contributed by atoms with E-state index in [0.29, 0.717) is 17.2 Å². The number of rotatable bonds is 4. The normalized spacial score (nSPS) is 10.8. The first kappa shape index (κ1) is 14.0. The van der Waals surface area contributed by atoms with Crippen LogP contribution in [0.5, 0.6) is 0 Å². The van der Waals surface area contributed by atoms with Crippen molar-refractivity contribution in [1.82, 2.24) is 10.1 Å². The number of aryl methyl sites for hydroxylation is 1. The maximum atomic E-state index is 11.8. The molecule has 0 aliphatic carbocycles. The first-order valence-electron chi connectivity index (χ1n) is 6.34. The van der Waals surface area contributed by atoms with Gasteiger partial charge in [-0.25, -0.2) is 9.78 Å². The van der Waals surface area contributed by atoms with Crippen molar-refractivity contribution >= 4 is 28.6 Å². The Balaban J connectivity index is 1.91. The Bertz CT molecular complexity index is 759. The number of aromatic nitrogens is 2. The molecule has 7 heteroatoms. The Morgan fingerprint density at radius 2 is 2.10 bits per heavy atom. The summed E-state index contributed by atoms with van der Waals surface area (Å²) >= 11 is 2.92. The van der Waals surface area contributed by atoms with Crippen LogP contribution in [0.15, 0.2) is 29.0 Å². The highest BCUT2D eigenvalue weighted by molar-refractivity contribution is 7.24. The third-order valence-electron chi connectivity index (χ3n) is 2.76. The van der Waals surface area contributed by atoms with Gasteiger partial charge in [-0.1, -0.05) is 5.16 Å². The lowest BCUT2D eigenvalue weighted by molar-refractivity contribution is 0.0531. The molecule has 5 nitrogen and oxygen atoms in total. The first-order chi connectivity index (χ1) is 10.2. The summed E-state index contributed by atoms with van der Waals surface area (Å²) in [4.78, 5) is 18.9. The molecule has 3 heterocycles. The highest BCUT2D eigenvalue weighted by Gasteiger charge is 2.18. The summed E-state index contributed by atoms with van der Waals surface area (Å²) in [6.07, 6.45) is 1.54. The molecule has 0 saturated carbocycles. The van der Waals surface area contributed by atoms with Crippen LogP contribution < -0.4 is 0 Å². The highest BCUT2D eigenvalue weighted by atomic mass is 32.1. The number of hydrogen-bond acceptors (Lipinski definition) is 7. The van der Waals surface area contributed by atoms with Crippen LogP contribution in [-0.4, -0.2) is 22.7 Å². The van der Waals surface area contributed by atoms with Crippen molar-refractivity contribution in [1.29, 1.82) is 0 Å². The monoisotopic (exact) mass is 320 g/mol. The Morgan fingerprint density at radius 1 is 1.29 bits per heavy atom. The molecule has 0 spiro atoms. The lowest BCUT2D eigenvalue weighted by Gasteiger charge is -1.97. The smallest absolute Gasteiger partial charge is 0.350 e. The lowest BCUT2D eigenvalue weighted by Crippen LogP contribution is -2.03. The van der Waals surface area contributed by atoms with E-state index in [-0.39, 0.29) is 5.97 Å². The minimum Gasteiger partial charge on any atom is -0.462 e. The highest BCUT2D eigenvalue weighted by Crippen LogP contribution is 2.36. The van der Waals surface area contributed by atoms with E-state index < -0.39 is 0 Å². The standard InChI is InChI=1S/C14H12N2O3S2/c1-3-18-14(17)12-8(2)15-13(21-12)11-5-4-10(20-11)9-6-7-19-16-9/h4-7H,3H2,1-2H3. The molecule has 3 aromatic heterocycles. The predicted octanol–water partition coefficient (Wildman–Crippen LogP) is 4.01. The van der Waals surface area contributed by atoms with Gasteiger partial charge in [-0.3, -0.25) is 0 Å². The van der Waals surface area contributed by atoms with Gasteiger partial charge in [-0.05, 0) is 26.0 Å². The molecular formula is C14H12N2O3S2. The molecule has 0 aliphatic heterocycles. The second-order valence-electron chi connectivity index (χ2n) is 4.20. The fraction of sp³-hybridized carbons (Fsp3) is 0.214. The zero-order valence-electron chi connectivity index (χ0n) is 11.5. The maximum Gasteiger partial charge on any atom is 0.350 e. The summed E-state index contributed by atoms with van der Waals surface area (Å²) in [6, 6.07) is 5.76. The predicted molar refractivity (Wildman–Crippen MR) is 81.6 cm³/mol. The molecule has 0 N–H and O–H groups in total. The van der Waals surface area contributed by atoms with Crippen LogP contribution in [0.25, 0.3) is 20.5 Å². The van der Waals surface area contributed by atoms with Crippen molar-refractivity contribution < 1.29 is 14.1 Å². The van der Waals surface area contributed by atoms with Crippen LogP contribution in [0.4, 0.5) is 0 Å². The molecule has 0 aromatic carbocycles. The third-order valence-corrected chi connectivity index (χ3v) is 5.18. The average molecular weight is 320 g/mol. The number of carbonyl (C=O) groups is 1. The van der Waals surface area contributed by atoms with Crippen molar-refractivity contribution in [3.8, 4) is 20.5 Å². The molecule has 0 aliphatic rings. The summed E-state index contributed by atoms with van der Waals surface area (Å²) in [5, 5.41) is 4.73. The molecular weight excluding hydrogens is 308 g/mol. The Labute approximate surface area is 129 Å². The zero-order valence-corrected chi connectivity index (χ0v) is 13.1. The van der Waals surface area contributed by atoms with Crippen LogP contribution in [0, 0.1) is 6.92 Å². The second kappa shape index (κ2) is 5.79. The van der Waals surface area contributed by atoms with Gasteiger partial charge >= 0.3 is 5.97 Å². The number of thiazole rings is 1. The van der Waals surface area contributed by atoms with Gasteiger partial charge in [0.25, 0.3) is 0 Å². The fourth-order valence-electron chi connectivity index (χ4n) is 1.82. The fourth-order valence-corrected chi connectivity index (χ4v) is 3.80. The van der Waals surface area contributed by atoms with E-state index in [1.807, 2.05) is 25.1 Å². The van der Waals surface area contributed by atoms with Crippen LogP contribution in [0.3, 0.4) is 0 Å². The average Bonchev–Trinajstić information content (AvgIpc) is 3.18. The van der Waals surface area contributed by atoms with Gasteiger partial charge in [0.05, 0.1) is 22.1 Å². The largest absolute Gasteiger partial charge is 0.462 e. The summed E-state index contributed by atoms with van der Waals surface area (Å²) in [5.41, 5.74) is 1.50. The van der Waals surface area contributed by atoms with E-state index in [1.54, 1.807) is 24.5 Å². The van der Waals surface area contributed by atoms with Crippen LogP contribution >= 0.6 is 22.7 Å². The molecule has 0 radical (unpaired) electrons. The minimum atomic E-state index is -0.313. The first-order valence-corrected chi connectivity index (χ1v) is 7.98. The Hall–Kier alpha value is -1.99. The molecule has 0 atom stereocenters. The van der Waals surface area contributed by atoms with Crippen molar-refractivity contribution in [3.63, 3.8) is 0 Å². The van der Waals surface area contributed by atoms with Gasteiger partial charge in [0.2, 0.25) is 0 Å². The van der Waals surface area contributed by atoms with E-state index in [4.69, 9.17) is 9.26 Å². The van der Waals surface area contributed by atoms with Crippen LogP contribution in [0.2, 0.25) is 0 Å². The van der Waals surface area contributed by atoms with E-state index in [1.165, 1.54) is 11.3 Å². The van der Waals surface area contributed by atoms with Crippen molar-refractivity contribution in [2.24, 2.45) is 0 Å². The van der Waals surface area contributed by atoms with Crippen molar-refractivity contribution in [3.05, 3.63) is 35.0 Å². The van der Waals surface area contributed by atoms with E-state index in [2.05, 4.69) is 10.1 Å². The van der Waals surface area contributed by atoms with Crippen molar-refractivity contribution in [2.75, 3.05) is 6.61 Å². The number of ether oxygens (including phenoxy) is 1. The second-order valence-corrected chi connectivity index (χ2v) is 6.29. The summed E-state index contributed by atoms with van der Waals surface area (Å²) in [7, 11) is 0. The zero-order chi connectivity index (χ0) is 14.8. The SMILES string of the molecule is CCOC(=O)c1sc(-c2ccc(-c3ccon3)s2)nc1C. The summed E-state index contributed by atoms with van der Waals surface area (Å²) in [6.45, 7) is 3.97. The van der Waals surface area contributed by atoms with E-state index in [9.17, 15) is 4.79 Å². The molecule has 3 rings (SSSR count). The van der Waals surface area contributed by atoms with Gasteiger partial charge in [-0.2, -0.15) is 0 Å². The van der Waals surface area contributed by atoms with Gasteiger partial charge < -0.3 is 9.26 Å². The molecule has 108 valence electrons. The van der Waals surface area contributed by atoms with Crippen molar-refractivity contribution in [2.45, 2.75) is 13.8 Å². The number of nitrogens with zero attached hydrogens (tertiary/aromatic N) is 2. The maximum absolute atomic E-state index is 11.8. The van der Waals surface area contributed by atoms with E-state index in [0.717, 1.165) is 20.5 Å². The minimum absolute atomic E-state index is 0.313. The number of thiophene rings is 1. The van der Waals surface area contributed by atoms with Crippen LogP contribution in [0.1, 0.15) is 22.3 Å². The Morgan fingerprint density at radius 3 is 2.81 bits per heavy atom. The molecule has 0 fully saturated rings. The number of hydrogen-bond donors (Lipinski definition) is 0. The third kappa shape index (κ3) is 2.74. The quantitative estimate of drug-likeness (QED) is 0.679. The van der Waals surface area contributed by atoms with Gasteiger partial charge in [-0.15, -0.1) is 22.7 Å². The summed E-state index contributed by atoms with van der Waals surface area (Å²) in [5.74, 6) is -0.313. The van der Waals surface area contributed by atoms with Gasteiger partial charge in [0.15, 0.2) is 0 Å². The summed E-state index contributed by atoms with van der Waals surface area (Å²) < 4.78 is 9.88. The molecule has 0 bridgehead atoms. The topological polar surface area (TPSA) is 65.2 Å². The lowest BCUT2D eigenvalue weighted by atomic mass is 10.3. The van der Waals surface area contributed by atoms with Gasteiger partial charge in [0, 0.05) is 6.07 Å². The molecule has 21 heavy (non-hydrogen) atoms. The van der Waals surface area contributed by atoms with Crippen LogP contribution in [-0.2, 0) is 4.74 Å². The molecule has 0 amide bonds.